The summed E-state index contributed by atoms with van der Waals surface area (Å²) in [6.45, 7) is 2.05. The minimum atomic E-state index is -0.399. The van der Waals surface area contributed by atoms with E-state index in [2.05, 4.69) is 15.3 Å². The molecule has 0 aliphatic carbocycles. The molecule has 0 unspecified atom stereocenters. The van der Waals surface area contributed by atoms with Crippen molar-refractivity contribution >= 4 is 45.3 Å². The molecular formula is C21H14FN5O2S2. The normalized spacial score (nSPS) is 15.5. The molecular weight excluding hydrogens is 437 g/mol. The SMILES string of the molecule is Cc1ccc(-c2nnc3sc(CN4C(=O)S/C(=C\c5ccc(F)cc5)C4=O)nn23)cc1. The number of hydrogen-bond acceptors (Lipinski definition) is 7. The number of halogens is 1. The van der Waals surface area contributed by atoms with Crippen LogP contribution in [0.5, 0.6) is 0 Å². The van der Waals surface area contributed by atoms with Gasteiger partial charge in [-0.3, -0.25) is 14.5 Å². The topological polar surface area (TPSA) is 80.5 Å². The van der Waals surface area contributed by atoms with Gasteiger partial charge in [0, 0.05) is 5.56 Å². The lowest BCUT2D eigenvalue weighted by Gasteiger charge is -2.09. The van der Waals surface area contributed by atoms with Gasteiger partial charge in [-0.25, -0.2) is 4.39 Å². The zero-order valence-corrected chi connectivity index (χ0v) is 17.8. The first-order valence-electron chi connectivity index (χ1n) is 9.27. The van der Waals surface area contributed by atoms with Crippen molar-refractivity contribution in [3.05, 3.63) is 75.4 Å². The molecule has 0 N–H and O–H groups in total. The van der Waals surface area contributed by atoms with E-state index in [1.807, 2.05) is 31.2 Å². The third-order valence-corrected chi connectivity index (χ3v) is 6.47. The Bertz CT molecular complexity index is 1340. The van der Waals surface area contributed by atoms with Crippen molar-refractivity contribution in [3.63, 3.8) is 0 Å². The smallest absolute Gasteiger partial charge is 0.268 e. The lowest BCUT2D eigenvalue weighted by Crippen LogP contribution is -2.27. The first kappa shape index (κ1) is 19.6. The molecule has 31 heavy (non-hydrogen) atoms. The zero-order chi connectivity index (χ0) is 21.5. The zero-order valence-electron chi connectivity index (χ0n) is 16.2. The number of hydrogen-bond donors (Lipinski definition) is 0. The van der Waals surface area contributed by atoms with E-state index >= 15 is 0 Å². The fourth-order valence-electron chi connectivity index (χ4n) is 3.09. The largest absolute Gasteiger partial charge is 0.293 e. The van der Waals surface area contributed by atoms with Crippen LogP contribution in [0.2, 0.25) is 0 Å². The minimum absolute atomic E-state index is 0.0484. The van der Waals surface area contributed by atoms with Crippen LogP contribution in [0.4, 0.5) is 9.18 Å². The number of benzene rings is 2. The molecule has 0 bridgehead atoms. The second-order valence-corrected chi connectivity index (χ2v) is 8.93. The van der Waals surface area contributed by atoms with Crippen molar-refractivity contribution < 1.29 is 14.0 Å². The number of fused-ring (bicyclic) bond motifs is 1. The Morgan fingerprint density at radius 3 is 2.52 bits per heavy atom. The summed E-state index contributed by atoms with van der Waals surface area (Å²) in [4.78, 5) is 27.2. The molecule has 2 aromatic heterocycles. The van der Waals surface area contributed by atoms with Crippen LogP contribution in [0, 0.1) is 12.7 Å². The van der Waals surface area contributed by atoms with Gasteiger partial charge in [-0.1, -0.05) is 53.3 Å². The number of carbonyl (C=O) groups excluding carboxylic acids is 2. The Morgan fingerprint density at radius 1 is 1.03 bits per heavy atom. The molecule has 0 saturated carbocycles. The van der Waals surface area contributed by atoms with E-state index in [0.717, 1.165) is 27.8 Å². The summed E-state index contributed by atoms with van der Waals surface area (Å²) >= 11 is 2.13. The fraction of sp³-hybridized carbons (Fsp3) is 0.0952. The monoisotopic (exact) mass is 451 g/mol. The van der Waals surface area contributed by atoms with Gasteiger partial charge in [0.1, 0.15) is 10.8 Å². The average Bonchev–Trinajstić information content (AvgIpc) is 3.40. The molecule has 0 radical (unpaired) electrons. The third-order valence-electron chi connectivity index (χ3n) is 4.68. The summed E-state index contributed by atoms with van der Waals surface area (Å²) in [6.07, 6.45) is 1.58. The van der Waals surface area contributed by atoms with Crippen molar-refractivity contribution in [2.45, 2.75) is 13.5 Å². The molecule has 4 aromatic rings. The molecule has 2 amide bonds. The average molecular weight is 452 g/mol. The first-order chi connectivity index (χ1) is 15.0. The third kappa shape index (κ3) is 3.75. The van der Waals surface area contributed by atoms with E-state index in [1.165, 1.54) is 23.5 Å². The van der Waals surface area contributed by atoms with Gasteiger partial charge in [0.2, 0.25) is 4.96 Å². The highest BCUT2D eigenvalue weighted by Gasteiger charge is 2.36. The van der Waals surface area contributed by atoms with Crippen molar-refractivity contribution in [3.8, 4) is 11.4 Å². The van der Waals surface area contributed by atoms with Crippen molar-refractivity contribution in [1.82, 2.24) is 24.7 Å². The molecule has 10 heteroatoms. The van der Waals surface area contributed by atoms with E-state index in [1.54, 1.807) is 22.7 Å². The van der Waals surface area contributed by atoms with E-state index in [-0.39, 0.29) is 17.6 Å². The molecule has 1 aliphatic rings. The Morgan fingerprint density at radius 2 is 1.77 bits per heavy atom. The predicted molar refractivity (Wildman–Crippen MR) is 117 cm³/mol. The maximum atomic E-state index is 13.1. The number of carbonyl (C=O) groups is 2. The highest BCUT2D eigenvalue weighted by molar-refractivity contribution is 8.18. The number of thioether (sulfide) groups is 1. The maximum absolute atomic E-state index is 13.1. The summed E-state index contributed by atoms with van der Waals surface area (Å²) in [5.74, 6) is -0.162. The molecule has 3 heterocycles. The molecule has 0 atom stereocenters. The minimum Gasteiger partial charge on any atom is -0.268 e. The Hall–Kier alpha value is -3.37. The number of rotatable bonds is 4. The predicted octanol–water partition coefficient (Wildman–Crippen LogP) is 4.54. The van der Waals surface area contributed by atoms with Gasteiger partial charge < -0.3 is 0 Å². The second kappa shape index (κ2) is 7.71. The van der Waals surface area contributed by atoms with Crippen LogP contribution in [0.3, 0.4) is 0 Å². The Balaban J connectivity index is 1.39. The second-order valence-electron chi connectivity index (χ2n) is 6.90. The summed E-state index contributed by atoms with van der Waals surface area (Å²) in [5, 5.41) is 13.1. The molecule has 1 fully saturated rings. The number of aryl methyl sites for hydroxylation is 1. The number of imide groups is 1. The van der Waals surface area contributed by atoms with Crippen molar-refractivity contribution in [2.75, 3.05) is 0 Å². The molecule has 154 valence electrons. The van der Waals surface area contributed by atoms with Gasteiger partial charge >= 0.3 is 0 Å². The van der Waals surface area contributed by atoms with Gasteiger partial charge in [0.25, 0.3) is 11.1 Å². The van der Waals surface area contributed by atoms with Crippen molar-refractivity contribution in [2.24, 2.45) is 0 Å². The van der Waals surface area contributed by atoms with E-state index < -0.39 is 5.91 Å². The van der Waals surface area contributed by atoms with E-state index in [4.69, 9.17) is 0 Å². The van der Waals surface area contributed by atoms with E-state index in [0.29, 0.717) is 26.3 Å². The molecule has 0 spiro atoms. The molecule has 2 aromatic carbocycles. The van der Waals surface area contributed by atoms with Gasteiger partial charge in [-0.2, -0.15) is 9.61 Å². The van der Waals surface area contributed by atoms with Crippen LogP contribution in [0.1, 0.15) is 16.1 Å². The van der Waals surface area contributed by atoms with Crippen LogP contribution < -0.4 is 0 Å². The van der Waals surface area contributed by atoms with Crippen LogP contribution >= 0.6 is 23.1 Å². The lowest BCUT2D eigenvalue weighted by atomic mass is 10.1. The highest BCUT2D eigenvalue weighted by atomic mass is 32.2. The van der Waals surface area contributed by atoms with Gasteiger partial charge in [-0.15, -0.1) is 10.2 Å². The first-order valence-corrected chi connectivity index (χ1v) is 10.9. The quantitative estimate of drug-likeness (QED) is 0.424. The summed E-state index contributed by atoms with van der Waals surface area (Å²) in [6, 6.07) is 13.6. The molecule has 1 saturated heterocycles. The van der Waals surface area contributed by atoms with E-state index in [9.17, 15) is 14.0 Å². The van der Waals surface area contributed by atoms with Crippen LogP contribution in [0.25, 0.3) is 22.4 Å². The standard InChI is InChI=1S/C21H14FN5O2S2/c1-12-2-6-14(7-3-12)18-23-24-20-27(18)25-17(31-20)11-26-19(28)16(30-21(26)29)10-13-4-8-15(22)9-5-13/h2-10H,11H2,1H3/b16-10-. The molecule has 1 aliphatic heterocycles. The molecule has 5 rings (SSSR count). The van der Waals surface area contributed by atoms with Crippen LogP contribution in [0.15, 0.2) is 53.4 Å². The summed E-state index contributed by atoms with van der Waals surface area (Å²) < 4.78 is 14.7. The number of aromatic nitrogens is 4. The van der Waals surface area contributed by atoms with Gasteiger partial charge in [0.15, 0.2) is 5.82 Å². The fourth-order valence-corrected chi connectivity index (χ4v) is 4.75. The maximum Gasteiger partial charge on any atom is 0.293 e. The Labute approximate surface area is 184 Å². The van der Waals surface area contributed by atoms with Crippen LogP contribution in [-0.2, 0) is 11.3 Å². The number of amides is 2. The molecule has 7 nitrogen and oxygen atoms in total. The van der Waals surface area contributed by atoms with Crippen molar-refractivity contribution in [1.29, 1.82) is 0 Å². The Kier molecular flexibility index (Phi) is 4.87. The summed E-state index contributed by atoms with van der Waals surface area (Å²) in [5.41, 5.74) is 2.66. The lowest BCUT2D eigenvalue weighted by molar-refractivity contribution is -0.123. The van der Waals surface area contributed by atoms with Gasteiger partial charge in [-0.05, 0) is 42.5 Å². The number of nitrogens with zero attached hydrogens (tertiary/aromatic N) is 5. The highest BCUT2D eigenvalue weighted by Crippen LogP contribution is 2.34. The summed E-state index contributed by atoms with van der Waals surface area (Å²) in [7, 11) is 0. The van der Waals surface area contributed by atoms with Gasteiger partial charge in [0.05, 0.1) is 11.4 Å². The van der Waals surface area contributed by atoms with Crippen LogP contribution in [-0.4, -0.2) is 35.9 Å².